The predicted molar refractivity (Wildman–Crippen MR) is 77.2 cm³/mol. The van der Waals surface area contributed by atoms with Gasteiger partial charge in [0.1, 0.15) is 5.82 Å². The van der Waals surface area contributed by atoms with E-state index in [1.54, 1.807) is 0 Å². The number of nitrogens with zero attached hydrogens (tertiary/aromatic N) is 3. The number of nitrogen functional groups attached to an aromatic ring is 1. The molecule has 1 heterocycles. The molecule has 1 aliphatic rings. The number of hydrogen-bond donors (Lipinski definition) is 1. The van der Waals surface area contributed by atoms with Gasteiger partial charge in [0, 0.05) is 5.92 Å². The molecule has 0 spiro atoms. The van der Waals surface area contributed by atoms with Crippen molar-refractivity contribution < 1.29 is 0 Å². The van der Waals surface area contributed by atoms with Crippen molar-refractivity contribution in [3.8, 4) is 0 Å². The Labute approximate surface area is 116 Å². The summed E-state index contributed by atoms with van der Waals surface area (Å²) in [5.74, 6) is 1.52. The van der Waals surface area contributed by atoms with Gasteiger partial charge in [-0.2, -0.15) is 9.97 Å². The third kappa shape index (κ3) is 2.56. The number of fused-ring (bicyclic) bond motifs is 1. The molecule has 1 aromatic carbocycles. The molecule has 1 aromatic heterocycles. The summed E-state index contributed by atoms with van der Waals surface area (Å²) in [7, 11) is 0. The van der Waals surface area contributed by atoms with Crippen LogP contribution in [-0.2, 0) is 12.8 Å². The second kappa shape index (κ2) is 5.17. The van der Waals surface area contributed by atoms with Crippen LogP contribution in [0.4, 0.5) is 5.95 Å². The molecule has 0 amide bonds. The van der Waals surface area contributed by atoms with E-state index in [1.165, 1.54) is 22.9 Å². The van der Waals surface area contributed by atoms with E-state index >= 15 is 0 Å². The first-order valence-corrected chi connectivity index (χ1v) is 7.61. The van der Waals surface area contributed by atoms with Crippen LogP contribution >= 0.6 is 11.8 Å². The smallest absolute Gasteiger partial charge is 0.224 e. The monoisotopic (exact) mass is 272 g/mol. The fourth-order valence-electron chi connectivity index (χ4n) is 2.58. The fourth-order valence-corrected chi connectivity index (χ4v) is 2.95. The average Bonchev–Trinajstić information content (AvgIpc) is 2.46. The maximum atomic E-state index is 5.76. The minimum atomic E-state index is 0.327. The lowest BCUT2D eigenvalue weighted by Crippen LogP contribution is -2.16. The summed E-state index contributed by atoms with van der Waals surface area (Å²) in [5.41, 5.74) is 8.62. The van der Waals surface area contributed by atoms with Gasteiger partial charge < -0.3 is 5.73 Å². The molecule has 0 radical (unpaired) electrons. The van der Waals surface area contributed by atoms with Crippen LogP contribution in [0.3, 0.4) is 0 Å². The maximum Gasteiger partial charge on any atom is 0.224 e. The van der Waals surface area contributed by atoms with E-state index in [0.29, 0.717) is 17.0 Å². The molecule has 2 aromatic rings. The van der Waals surface area contributed by atoms with Gasteiger partial charge in [-0.15, -0.1) is 0 Å². The summed E-state index contributed by atoms with van der Waals surface area (Å²) in [6.07, 6.45) is 5.11. The average molecular weight is 272 g/mol. The van der Waals surface area contributed by atoms with Gasteiger partial charge in [0.2, 0.25) is 5.95 Å². The van der Waals surface area contributed by atoms with Crippen molar-refractivity contribution in [1.82, 2.24) is 15.0 Å². The normalized spacial score (nSPS) is 18.1. The fraction of sp³-hybridized carbons (Fsp3) is 0.357. The molecule has 0 saturated carbocycles. The van der Waals surface area contributed by atoms with Crippen LogP contribution in [0.15, 0.2) is 29.4 Å². The first kappa shape index (κ1) is 12.4. The Morgan fingerprint density at radius 2 is 1.95 bits per heavy atom. The number of nitrogens with two attached hydrogens (primary N) is 1. The van der Waals surface area contributed by atoms with Gasteiger partial charge >= 0.3 is 0 Å². The molecule has 0 fully saturated rings. The first-order chi connectivity index (χ1) is 9.26. The van der Waals surface area contributed by atoms with Crippen molar-refractivity contribution in [1.29, 1.82) is 0 Å². The molecular weight excluding hydrogens is 256 g/mol. The van der Waals surface area contributed by atoms with Crippen LogP contribution in [-0.4, -0.2) is 21.2 Å². The molecule has 1 aliphatic carbocycles. The summed E-state index contributed by atoms with van der Waals surface area (Å²) in [6, 6.07) is 8.60. The third-order valence-electron chi connectivity index (χ3n) is 3.54. The van der Waals surface area contributed by atoms with Gasteiger partial charge in [-0.1, -0.05) is 36.0 Å². The highest BCUT2D eigenvalue weighted by Crippen LogP contribution is 2.31. The largest absolute Gasteiger partial charge is 0.368 e. The highest BCUT2D eigenvalue weighted by molar-refractivity contribution is 7.98. The standard InChI is InChI=1S/C14H16N4S/c1-19-14-17-12(16-13(15)18-14)11-7-6-9-4-2-3-5-10(9)8-11/h2-5,11H,6-8H2,1H3,(H2,15,16,17,18). The topological polar surface area (TPSA) is 64.7 Å². The number of aromatic nitrogens is 3. The number of thioether (sulfide) groups is 1. The molecule has 5 heteroatoms. The summed E-state index contributed by atoms with van der Waals surface area (Å²) in [5, 5.41) is 0.710. The van der Waals surface area contributed by atoms with Crippen LogP contribution in [0, 0.1) is 0 Å². The molecular formula is C14H16N4S. The Morgan fingerprint density at radius 3 is 2.74 bits per heavy atom. The Bertz CT molecular complexity index is 600. The Morgan fingerprint density at radius 1 is 1.16 bits per heavy atom. The second-order valence-electron chi connectivity index (χ2n) is 4.75. The van der Waals surface area contributed by atoms with E-state index in [9.17, 15) is 0 Å². The van der Waals surface area contributed by atoms with Crippen LogP contribution in [0.5, 0.6) is 0 Å². The minimum absolute atomic E-state index is 0.327. The minimum Gasteiger partial charge on any atom is -0.368 e. The third-order valence-corrected chi connectivity index (χ3v) is 4.09. The molecule has 98 valence electrons. The maximum absolute atomic E-state index is 5.76. The van der Waals surface area contributed by atoms with Gasteiger partial charge in [0.05, 0.1) is 0 Å². The van der Waals surface area contributed by atoms with Crippen molar-refractivity contribution in [2.45, 2.75) is 30.3 Å². The lowest BCUT2D eigenvalue weighted by atomic mass is 9.83. The second-order valence-corrected chi connectivity index (χ2v) is 5.52. The van der Waals surface area contributed by atoms with Gasteiger partial charge in [0.15, 0.2) is 5.16 Å². The number of hydrogen-bond acceptors (Lipinski definition) is 5. The zero-order valence-corrected chi connectivity index (χ0v) is 11.7. The summed E-state index contributed by atoms with van der Waals surface area (Å²) >= 11 is 1.50. The van der Waals surface area contributed by atoms with Crippen molar-refractivity contribution >= 4 is 17.7 Å². The van der Waals surface area contributed by atoms with E-state index in [-0.39, 0.29) is 0 Å². The molecule has 1 unspecified atom stereocenters. The molecule has 4 nitrogen and oxygen atoms in total. The number of rotatable bonds is 2. The van der Waals surface area contributed by atoms with Crippen LogP contribution in [0.25, 0.3) is 0 Å². The lowest BCUT2D eigenvalue weighted by molar-refractivity contribution is 0.546. The summed E-state index contributed by atoms with van der Waals surface area (Å²) in [4.78, 5) is 12.9. The van der Waals surface area contributed by atoms with Crippen molar-refractivity contribution in [3.05, 3.63) is 41.2 Å². The Balaban J connectivity index is 1.90. The lowest BCUT2D eigenvalue weighted by Gasteiger charge is -2.23. The van der Waals surface area contributed by atoms with E-state index in [4.69, 9.17) is 5.73 Å². The summed E-state index contributed by atoms with van der Waals surface area (Å²) in [6.45, 7) is 0. The highest BCUT2D eigenvalue weighted by atomic mass is 32.2. The molecule has 0 aliphatic heterocycles. The van der Waals surface area contributed by atoms with Gasteiger partial charge in [0.25, 0.3) is 0 Å². The quantitative estimate of drug-likeness (QED) is 0.851. The first-order valence-electron chi connectivity index (χ1n) is 6.38. The van der Waals surface area contributed by atoms with Gasteiger partial charge in [-0.3, -0.25) is 0 Å². The number of anilines is 1. The summed E-state index contributed by atoms with van der Waals surface area (Å²) < 4.78 is 0. The van der Waals surface area contributed by atoms with Crippen LogP contribution in [0.2, 0.25) is 0 Å². The van der Waals surface area contributed by atoms with Crippen LogP contribution < -0.4 is 5.73 Å². The Kier molecular flexibility index (Phi) is 3.38. The van der Waals surface area contributed by atoms with Crippen molar-refractivity contribution in [2.75, 3.05) is 12.0 Å². The van der Waals surface area contributed by atoms with Crippen LogP contribution in [0.1, 0.15) is 29.3 Å². The SMILES string of the molecule is CSc1nc(N)nc(C2CCc3ccccc3C2)n1. The van der Waals surface area contributed by atoms with E-state index in [1.807, 2.05) is 6.26 Å². The van der Waals surface area contributed by atoms with Gasteiger partial charge in [-0.05, 0) is 36.6 Å². The molecule has 0 bridgehead atoms. The number of aryl methyl sites for hydroxylation is 1. The van der Waals surface area contributed by atoms with E-state index in [2.05, 4.69) is 39.2 Å². The molecule has 3 rings (SSSR count). The predicted octanol–water partition coefficient (Wildman–Crippen LogP) is 2.45. The number of benzene rings is 1. The van der Waals surface area contributed by atoms with E-state index in [0.717, 1.165) is 25.1 Å². The van der Waals surface area contributed by atoms with Crippen molar-refractivity contribution in [2.24, 2.45) is 0 Å². The zero-order chi connectivity index (χ0) is 13.2. The molecule has 0 saturated heterocycles. The van der Waals surface area contributed by atoms with E-state index < -0.39 is 0 Å². The van der Waals surface area contributed by atoms with Crippen molar-refractivity contribution in [3.63, 3.8) is 0 Å². The highest BCUT2D eigenvalue weighted by Gasteiger charge is 2.22. The molecule has 1 atom stereocenters. The zero-order valence-electron chi connectivity index (χ0n) is 10.8. The Hall–Kier alpha value is -1.62. The molecule has 2 N–H and O–H groups in total. The molecule has 19 heavy (non-hydrogen) atoms. The van der Waals surface area contributed by atoms with Gasteiger partial charge in [-0.25, -0.2) is 4.98 Å².